The zero-order valence-corrected chi connectivity index (χ0v) is 12.1. The SMILES string of the molecule is CCCCC1(C(=O)O)C2CC3CC(C2)CC1(C(=O)O)C3. The fraction of sp³-hybridized carbons (Fsp3) is 0.875. The van der Waals surface area contributed by atoms with Gasteiger partial charge in [0.05, 0.1) is 10.8 Å². The van der Waals surface area contributed by atoms with Crippen LogP contribution in [0.1, 0.15) is 58.3 Å². The van der Waals surface area contributed by atoms with E-state index in [-0.39, 0.29) is 5.92 Å². The van der Waals surface area contributed by atoms with E-state index >= 15 is 0 Å². The first-order chi connectivity index (χ1) is 9.46. The molecule has 0 amide bonds. The van der Waals surface area contributed by atoms with Crippen molar-refractivity contribution in [3.63, 3.8) is 0 Å². The van der Waals surface area contributed by atoms with Gasteiger partial charge in [0.25, 0.3) is 0 Å². The van der Waals surface area contributed by atoms with Crippen molar-refractivity contribution in [1.82, 2.24) is 0 Å². The van der Waals surface area contributed by atoms with Gasteiger partial charge >= 0.3 is 11.9 Å². The molecule has 4 aliphatic carbocycles. The summed E-state index contributed by atoms with van der Waals surface area (Å²) in [4.78, 5) is 24.2. The number of carboxylic acids is 2. The molecule has 20 heavy (non-hydrogen) atoms. The molecule has 112 valence electrons. The standard InChI is InChI=1S/C16H24O4/c1-2-3-4-16(14(19)20)12-6-10-5-11(7-12)9-15(16,8-10)13(17)18/h10-12H,2-9H2,1H3,(H,17,18)(H,19,20). The lowest BCUT2D eigenvalue weighted by atomic mass is 9.38. The molecule has 0 aromatic carbocycles. The normalized spacial score (nSPS) is 45.5. The summed E-state index contributed by atoms with van der Waals surface area (Å²) < 4.78 is 0. The first-order valence-electron chi connectivity index (χ1n) is 7.93. The van der Waals surface area contributed by atoms with Gasteiger partial charge in [-0.05, 0) is 56.3 Å². The van der Waals surface area contributed by atoms with Gasteiger partial charge in [-0.15, -0.1) is 0 Å². The van der Waals surface area contributed by atoms with E-state index in [0.717, 1.165) is 32.1 Å². The minimum Gasteiger partial charge on any atom is -0.481 e. The Hall–Kier alpha value is -1.06. The zero-order chi connectivity index (χ0) is 14.5. The number of unbranched alkanes of at least 4 members (excludes halogenated alkanes) is 1. The predicted octanol–water partition coefficient (Wildman–Crippen LogP) is 3.16. The van der Waals surface area contributed by atoms with Crippen LogP contribution in [0.3, 0.4) is 0 Å². The van der Waals surface area contributed by atoms with Crippen LogP contribution in [0, 0.1) is 28.6 Å². The van der Waals surface area contributed by atoms with Crippen LogP contribution in [0.15, 0.2) is 0 Å². The van der Waals surface area contributed by atoms with Gasteiger partial charge in [-0.1, -0.05) is 19.8 Å². The van der Waals surface area contributed by atoms with Crippen molar-refractivity contribution in [2.24, 2.45) is 28.6 Å². The maximum Gasteiger partial charge on any atom is 0.311 e. The summed E-state index contributed by atoms with van der Waals surface area (Å²) in [5.41, 5.74) is -2.01. The molecule has 2 N–H and O–H groups in total. The topological polar surface area (TPSA) is 74.6 Å². The Bertz CT molecular complexity index is 430. The average Bonchev–Trinajstić information content (AvgIpc) is 2.37. The molecular formula is C16H24O4. The van der Waals surface area contributed by atoms with Crippen LogP contribution < -0.4 is 0 Å². The minimum absolute atomic E-state index is 0.0777. The van der Waals surface area contributed by atoms with Gasteiger partial charge in [0.2, 0.25) is 0 Å². The maximum atomic E-state index is 12.2. The van der Waals surface area contributed by atoms with Gasteiger partial charge in [0, 0.05) is 0 Å². The lowest BCUT2D eigenvalue weighted by molar-refractivity contribution is -0.218. The summed E-state index contributed by atoms with van der Waals surface area (Å²) in [7, 11) is 0. The molecule has 0 aromatic rings. The van der Waals surface area contributed by atoms with Crippen LogP contribution in [0.5, 0.6) is 0 Å². The largest absolute Gasteiger partial charge is 0.481 e. The highest BCUT2D eigenvalue weighted by Gasteiger charge is 2.71. The number of rotatable bonds is 5. The van der Waals surface area contributed by atoms with Crippen molar-refractivity contribution < 1.29 is 19.8 Å². The molecule has 0 radical (unpaired) electrons. The Labute approximate surface area is 119 Å². The number of aliphatic carboxylic acids is 2. The van der Waals surface area contributed by atoms with Crippen LogP contribution >= 0.6 is 0 Å². The van der Waals surface area contributed by atoms with E-state index in [2.05, 4.69) is 0 Å². The van der Waals surface area contributed by atoms with Gasteiger partial charge in [-0.25, -0.2) is 0 Å². The van der Waals surface area contributed by atoms with Crippen molar-refractivity contribution in [3.8, 4) is 0 Å². The van der Waals surface area contributed by atoms with E-state index in [1.54, 1.807) is 0 Å². The van der Waals surface area contributed by atoms with E-state index in [1.165, 1.54) is 0 Å². The number of carbonyl (C=O) groups is 2. The van der Waals surface area contributed by atoms with Crippen molar-refractivity contribution in [2.45, 2.75) is 58.3 Å². The molecule has 3 atom stereocenters. The number of hydrogen-bond donors (Lipinski definition) is 2. The van der Waals surface area contributed by atoms with Crippen LogP contribution in [-0.4, -0.2) is 22.2 Å². The van der Waals surface area contributed by atoms with Crippen molar-refractivity contribution in [1.29, 1.82) is 0 Å². The second-order valence-corrected chi connectivity index (χ2v) is 7.31. The molecule has 0 saturated heterocycles. The summed E-state index contributed by atoms with van der Waals surface area (Å²) in [5.74, 6) is -0.739. The van der Waals surface area contributed by atoms with E-state index < -0.39 is 22.8 Å². The van der Waals surface area contributed by atoms with Crippen LogP contribution in [0.4, 0.5) is 0 Å². The molecule has 4 fully saturated rings. The third kappa shape index (κ3) is 1.54. The van der Waals surface area contributed by atoms with Gasteiger partial charge in [-0.2, -0.15) is 0 Å². The minimum atomic E-state index is -1.01. The monoisotopic (exact) mass is 280 g/mol. The molecule has 4 saturated carbocycles. The number of hydrogen-bond acceptors (Lipinski definition) is 2. The van der Waals surface area contributed by atoms with E-state index in [4.69, 9.17) is 0 Å². The Morgan fingerprint density at radius 1 is 1.05 bits per heavy atom. The van der Waals surface area contributed by atoms with E-state index in [1.807, 2.05) is 6.92 Å². The molecule has 0 aromatic heterocycles. The zero-order valence-electron chi connectivity index (χ0n) is 12.1. The summed E-state index contributed by atoms with van der Waals surface area (Å²) in [5, 5.41) is 19.9. The van der Waals surface area contributed by atoms with Crippen molar-refractivity contribution >= 4 is 11.9 Å². The maximum absolute atomic E-state index is 12.2. The molecule has 0 aliphatic heterocycles. The summed E-state index contributed by atoms with van der Waals surface area (Å²) in [6.45, 7) is 2.04. The van der Waals surface area contributed by atoms with E-state index in [0.29, 0.717) is 31.1 Å². The smallest absolute Gasteiger partial charge is 0.311 e. The van der Waals surface area contributed by atoms with Gasteiger partial charge in [0.15, 0.2) is 0 Å². The summed E-state index contributed by atoms with van der Waals surface area (Å²) in [6.07, 6.45) is 6.43. The van der Waals surface area contributed by atoms with Crippen LogP contribution in [0.2, 0.25) is 0 Å². The molecule has 3 unspecified atom stereocenters. The molecule has 4 nitrogen and oxygen atoms in total. The molecule has 0 spiro atoms. The fourth-order valence-electron chi connectivity index (χ4n) is 5.88. The molecule has 4 aliphatic rings. The lowest BCUT2D eigenvalue weighted by Gasteiger charge is -2.64. The second-order valence-electron chi connectivity index (χ2n) is 7.31. The Morgan fingerprint density at radius 2 is 1.65 bits per heavy atom. The quantitative estimate of drug-likeness (QED) is 0.811. The summed E-state index contributed by atoms with van der Waals surface area (Å²) >= 11 is 0. The Kier molecular flexibility index (Phi) is 3.11. The van der Waals surface area contributed by atoms with Crippen LogP contribution in [-0.2, 0) is 9.59 Å². The van der Waals surface area contributed by atoms with Gasteiger partial charge < -0.3 is 10.2 Å². The molecule has 4 heteroatoms. The third-order valence-electron chi connectivity index (χ3n) is 6.44. The van der Waals surface area contributed by atoms with Gasteiger partial charge in [-0.3, -0.25) is 9.59 Å². The first kappa shape index (κ1) is 13.9. The molecule has 4 bridgehead atoms. The highest BCUT2D eigenvalue weighted by Crippen LogP contribution is 2.70. The Balaban J connectivity index is 2.09. The number of carboxylic acid groups (broad SMARTS) is 2. The van der Waals surface area contributed by atoms with Crippen LogP contribution in [0.25, 0.3) is 0 Å². The predicted molar refractivity (Wildman–Crippen MR) is 73.2 cm³/mol. The van der Waals surface area contributed by atoms with E-state index in [9.17, 15) is 19.8 Å². The second kappa shape index (κ2) is 4.47. The average molecular weight is 280 g/mol. The van der Waals surface area contributed by atoms with Crippen molar-refractivity contribution in [3.05, 3.63) is 0 Å². The highest BCUT2D eigenvalue weighted by atomic mass is 16.4. The third-order valence-corrected chi connectivity index (χ3v) is 6.44. The molecular weight excluding hydrogens is 256 g/mol. The lowest BCUT2D eigenvalue weighted by Crippen LogP contribution is -2.66. The fourth-order valence-corrected chi connectivity index (χ4v) is 5.88. The van der Waals surface area contributed by atoms with Crippen molar-refractivity contribution in [2.75, 3.05) is 0 Å². The highest BCUT2D eigenvalue weighted by molar-refractivity contribution is 5.88. The Morgan fingerprint density at radius 3 is 2.10 bits per heavy atom. The summed E-state index contributed by atoms with van der Waals surface area (Å²) in [6, 6.07) is 0. The molecule has 4 rings (SSSR count). The van der Waals surface area contributed by atoms with Gasteiger partial charge in [0.1, 0.15) is 0 Å². The first-order valence-corrected chi connectivity index (χ1v) is 7.93. The molecule has 0 heterocycles.